The summed E-state index contributed by atoms with van der Waals surface area (Å²) < 4.78 is 10.8. The van der Waals surface area contributed by atoms with Crippen LogP contribution in [0.3, 0.4) is 0 Å². The molecule has 0 amide bonds. The Morgan fingerprint density at radius 1 is 1.44 bits per heavy atom. The fraction of sp³-hybridized carbons (Fsp3) is 0.167. The van der Waals surface area contributed by atoms with Crippen LogP contribution in [0, 0.1) is 0 Å². The van der Waals surface area contributed by atoms with Crippen molar-refractivity contribution >= 4 is 38.8 Å². The van der Waals surface area contributed by atoms with Gasteiger partial charge in [0.1, 0.15) is 11.5 Å². The second-order valence-electron chi connectivity index (χ2n) is 3.45. The first kappa shape index (κ1) is 13.2. The van der Waals surface area contributed by atoms with Crippen LogP contribution in [-0.2, 0) is 9.53 Å². The predicted molar refractivity (Wildman–Crippen MR) is 71.7 cm³/mol. The van der Waals surface area contributed by atoms with E-state index in [0.29, 0.717) is 27.3 Å². The summed E-state index contributed by atoms with van der Waals surface area (Å²) in [5, 5.41) is -0.0949. The average Bonchev–Trinajstić information content (AvgIpc) is 2.75. The standard InChI is InChI=1S/C12H9BrO4S/c1-16-7-2-3-10(13)9(4-7)12(15)17-8-5-11(14)18-6-8/h2-5H,6H2,1H3. The van der Waals surface area contributed by atoms with Gasteiger partial charge in [-0.2, -0.15) is 0 Å². The topological polar surface area (TPSA) is 52.6 Å². The number of halogens is 1. The minimum atomic E-state index is -0.512. The van der Waals surface area contributed by atoms with E-state index >= 15 is 0 Å². The van der Waals surface area contributed by atoms with E-state index < -0.39 is 5.97 Å². The number of carbonyl (C=O) groups is 2. The number of benzene rings is 1. The maximum Gasteiger partial charge on any atom is 0.344 e. The molecule has 0 saturated carbocycles. The molecule has 1 heterocycles. The molecule has 4 nitrogen and oxygen atoms in total. The lowest BCUT2D eigenvalue weighted by atomic mass is 10.2. The summed E-state index contributed by atoms with van der Waals surface area (Å²) in [6.45, 7) is 0. The van der Waals surface area contributed by atoms with Crippen LogP contribution in [0.25, 0.3) is 0 Å². The number of esters is 1. The van der Waals surface area contributed by atoms with Gasteiger partial charge >= 0.3 is 5.97 Å². The summed E-state index contributed by atoms with van der Waals surface area (Å²) in [7, 11) is 1.52. The lowest BCUT2D eigenvalue weighted by molar-refractivity contribution is -0.106. The fourth-order valence-electron chi connectivity index (χ4n) is 1.38. The summed E-state index contributed by atoms with van der Waals surface area (Å²) in [6, 6.07) is 5.02. The minimum Gasteiger partial charge on any atom is -0.497 e. The van der Waals surface area contributed by atoms with E-state index in [2.05, 4.69) is 15.9 Å². The van der Waals surface area contributed by atoms with Gasteiger partial charge in [0.05, 0.1) is 18.4 Å². The Balaban J connectivity index is 2.18. The number of ether oxygens (including phenoxy) is 2. The molecular weight excluding hydrogens is 320 g/mol. The highest BCUT2D eigenvalue weighted by Crippen LogP contribution is 2.26. The number of rotatable bonds is 3. The third-order valence-electron chi connectivity index (χ3n) is 2.25. The van der Waals surface area contributed by atoms with Crippen molar-refractivity contribution in [3.63, 3.8) is 0 Å². The molecule has 0 aliphatic carbocycles. The van der Waals surface area contributed by atoms with Crippen LogP contribution in [0.5, 0.6) is 5.75 Å². The average molecular weight is 329 g/mol. The van der Waals surface area contributed by atoms with Crippen molar-refractivity contribution in [1.29, 1.82) is 0 Å². The molecule has 6 heteroatoms. The molecule has 0 atom stereocenters. The summed E-state index contributed by atoms with van der Waals surface area (Å²) >= 11 is 4.38. The van der Waals surface area contributed by atoms with Gasteiger partial charge < -0.3 is 9.47 Å². The predicted octanol–water partition coefficient (Wildman–Crippen LogP) is 2.77. The molecule has 0 N–H and O–H groups in total. The van der Waals surface area contributed by atoms with Crippen molar-refractivity contribution in [2.45, 2.75) is 0 Å². The smallest absolute Gasteiger partial charge is 0.344 e. The molecular formula is C12H9BrO4S. The molecule has 1 aromatic carbocycles. The quantitative estimate of drug-likeness (QED) is 0.798. The third-order valence-corrected chi connectivity index (χ3v) is 3.78. The van der Waals surface area contributed by atoms with Crippen molar-refractivity contribution in [2.24, 2.45) is 0 Å². The second kappa shape index (κ2) is 5.58. The highest BCUT2D eigenvalue weighted by atomic mass is 79.9. The highest BCUT2D eigenvalue weighted by molar-refractivity contribution is 9.10. The van der Waals surface area contributed by atoms with E-state index in [1.165, 1.54) is 13.2 Å². The van der Waals surface area contributed by atoms with Crippen molar-refractivity contribution < 1.29 is 19.1 Å². The van der Waals surface area contributed by atoms with E-state index in [-0.39, 0.29) is 5.12 Å². The molecule has 0 bridgehead atoms. The van der Waals surface area contributed by atoms with Gasteiger partial charge in [0.2, 0.25) is 5.12 Å². The van der Waals surface area contributed by atoms with Crippen molar-refractivity contribution in [3.05, 3.63) is 40.1 Å². The van der Waals surface area contributed by atoms with Gasteiger partial charge in [0, 0.05) is 10.5 Å². The van der Waals surface area contributed by atoms with Gasteiger partial charge in [-0.15, -0.1) is 0 Å². The van der Waals surface area contributed by atoms with Crippen molar-refractivity contribution in [1.82, 2.24) is 0 Å². The lowest BCUT2D eigenvalue weighted by Gasteiger charge is -2.07. The van der Waals surface area contributed by atoms with Crippen LogP contribution in [-0.4, -0.2) is 23.9 Å². The van der Waals surface area contributed by atoms with Crippen LogP contribution in [0.15, 0.2) is 34.5 Å². The molecule has 94 valence electrons. The first-order chi connectivity index (χ1) is 8.60. The van der Waals surface area contributed by atoms with Crippen LogP contribution in [0.4, 0.5) is 0 Å². The summed E-state index contributed by atoms with van der Waals surface area (Å²) in [5.41, 5.74) is 0.361. The second-order valence-corrected chi connectivity index (χ2v) is 5.29. The Hall–Kier alpha value is -1.27. The van der Waals surface area contributed by atoms with Crippen molar-refractivity contribution in [3.8, 4) is 5.75 Å². The van der Waals surface area contributed by atoms with Gasteiger partial charge in [0.15, 0.2) is 0 Å². The lowest BCUT2D eigenvalue weighted by Crippen LogP contribution is -2.06. The Morgan fingerprint density at radius 2 is 2.22 bits per heavy atom. The van der Waals surface area contributed by atoms with E-state index in [9.17, 15) is 9.59 Å². The number of carbonyl (C=O) groups excluding carboxylic acids is 2. The monoisotopic (exact) mass is 328 g/mol. The summed E-state index contributed by atoms with van der Waals surface area (Å²) in [6.07, 6.45) is 1.33. The third kappa shape index (κ3) is 2.94. The van der Waals surface area contributed by atoms with Gasteiger partial charge in [-0.05, 0) is 34.1 Å². The first-order valence-corrected chi connectivity index (χ1v) is 6.81. The molecule has 18 heavy (non-hydrogen) atoms. The van der Waals surface area contributed by atoms with Crippen LogP contribution in [0.2, 0.25) is 0 Å². The Morgan fingerprint density at radius 3 is 2.83 bits per heavy atom. The molecule has 1 aromatic rings. The molecule has 1 aliphatic heterocycles. The number of hydrogen-bond donors (Lipinski definition) is 0. The molecule has 1 aliphatic rings. The fourth-order valence-corrected chi connectivity index (χ4v) is 2.43. The summed E-state index contributed by atoms with van der Waals surface area (Å²) in [4.78, 5) is 22.9. The van der Waals surface area contributed by atoms with Crippen LogP contribution >= 0.6 is 27.7 Å². The molecule has 2 rings (SSSR count). The largest absolute Gasteiger partial charge is 0.497 e. The molecule has 0 fully saturated rings. The molecule has 0 aromatic heterocycles. The SMILES string of the molecule is COc1ccc(Br)c(C(=O)OC2=CC(=O)SC2)c1. The van der Waals surface area contributed by atoms with Gasteiger partial charge in [-0.25, -0.2) is 4.79 Å². The minimum absolute atomic E-state index is 0.0949. The molecule has 0 saturated heterocycles. The van der Waals surface area contributed by atoms with E-state index in [0.717, 1.165) is 11.8 Å². The first-order valence-electron chi connectivity index (χ1n) is 5.03. The number of methoxy groups -OCH3 is 1. The molecule has 0 radical (unpaired) electrons. The normalized spacial score (nSPS) is 14.3. The van der Waals surface area contributed by atoms with Gasteiger partial charge in [0.25, 0.3) is 0 Å². The number of thioether (sulfide) groups is 1. The summed E-state index contributed by atoms with van der Waals surface area (Å²) in [5.74, 6) is 0.828. The number of hydrogen-bond acceptors (Lipinski definition) is 5. The van der Waals surface area contributed by atoms with E-state index in [4.69, 9.17) is 9.47 Å². The Bertz CT molecular complexity index is 539. The highest BCUT2D eigenvalue weighted by Gasteiger charge is 2.19. The van der Waals surface area contributed by atoms with E-state index in [1.54, 1.807) is 18.2 Å². The van der Waals surface area contributed by atoms with Gasteiger partial charge in [-0.1, -0.05) is 11.8 Å². The van der Waals surface area contributed by atoms with Crippen molar-refractivity contribution in [2.75, 3.05) is 12.9 Å². The molecule has 0 spiro atoms. The van der Waals surface area contributed by atoms with E-state index in [1.807, 2.05) is 0 Å². The maximum atomic E-state index is 11.9. The zero-order valence-corrected chi connectivity index (χ0v) is 11.8. The zero-order chi connectivity index (χ0) is 13.1. The van der Waals surface area contributed by atoms with Gasteiger partial charge in [-0.3, -0.25) is 4.79 Å². The Kier molecular flexibility index (Phi) is 4.08. The maximum absolute atomic E-state index is 11.9. The molecule has 0 unspecified atom stereocenters. The zero-order valence-electron chi connectivity index (χ0n) is 9.44. The Labute approximate surface area is 116 Å². The van der Waals surface area contributed by atoms with Crippen LogP contribution < -0.4 is 4.74 Å². The van der Waals surface area contributed by atoms with Crippen LogP contribution in [0.1, 0.15) is 10.4 Å².